The molecule has 1 heterocycles. The van der Waals surface area contributed by atoms with Crippen molar-refractivity contribution in [2.45, 2.75) is 110 Å². The van der Waals surface area contributed by atoms with Crippen LogP contribution in [0, 0.1) is 11.8 Å². The largest absolute Gasteiger partial charge is 0.370 e. The number of nitrogens with two attached hydrogens (primary N) is 4. The first kappa shape index (κ1) is 57.0. The molecule has 25 nitrogen and oxygen atoms in total. The number of nitrogens with one attached hydrogen (secondary N) is 13. The van der Waals surface area contributed by atoms with E-state index in [0.717, 1.165) is 16.5 Å². The summed E-state index contributed by atoms with van der Waals surface area (Å²) in [4.78, 5) is 88.6. The Morgan fingerprint density at radius 3 is 1.44 bits per heavy atom. The van der Waals surface area contributed by atoms with E-state index in [0.29, 0.717) is 45.2 Å². The van der Waals surface area contributed by atoms with Crippen molar-refractivity contribution in [2.75, 3.05) is 52.9 Å². The van der Waals surface area contributed by atoms with Crippen LogP contribution < -0.4 is 86.7 Å². The number of para-hydroxylation sites is 1. The maximum absolute atomic E-state index is 13.6. The van der Waals surface area contributed by atoms with Gasteiger partial charge in [0.1, 0.15) is 0 Å². The number of guanidine groups is 2. The van der Waals surface area contributed by atoms with Crippen molar-refractivity contribution in [1.29, 1.82) is 0 Å². The summed E-state index contributed by atoms with van der Waals surface area (Å²) in [5.74, 6) is -0.177. The van der Waals surface area contributed by atoms with Crippen LogP contribution >= 0.6 is 0 Å². The maximum Gasteiger partial charge on any atom is 0.315 e. The highest BCUT2D eigenvalue weighted by Gasteiger charge is 2.23. The first-order valence-electron chi connectivity index (χ1n) is 23.1. The average molecular weight is 958 g/mol. The number of carbonyl (C=O) groups is 6. The Kier molecular flexibility index (Phi) is 26.0. The minimum absolute atomic E-state index is 0.0180. The van der Waals surface area contributed by atoms with Crippen LogP contribution in [0.1, 0.15) is 72.8 Å². The third-order valence-electron chi connectivity index (χ3n) is 10.5. The van der Waals surface area contributed by atoms with Crippen LogP contribution in [0.15, 0.2) is 40.4 Å². The molecule has 68 heavy (non-hydrogen) atoms. The molecule has 1 aromatic carbocycles. The molecular formula is C43H79N19O6. The van der Waals surface area contributed by atoms with E-state index in [1.54, 1.807) is 0 Å². The Labute approximate surface area is 399 Å². The van der Waals surface area contributed by atoms with E-state index in [2.05, 4.69) is 78.8 Å². The average Bonchev–Trinajstić information content (AvgIpc) is 3.68. The number of H-pyrrole nitrogens is 1. The standard InChI is InChI=1S/C43H79N19O6/c1-25(2)34(23-55-40(65)58-29(20-52-38(63)48-7)12-10-16-49-36(44)45)61-42(67)54-22-31(18-28-19-51-33-15-9-8-14-32(28)33)60-39(64)53-21-30(13-11-17-50-37(46)47)59-41(66)56-24-35(26(3)4)62-43(68)57-27(5)6/h8-9,14-15,19,25-27,29-31,34-35,51H,10-13,16-18,20-24H2,1-7H3,(H4,44,45,49)(H4,46,47,50)(H2,48,52,63)(H2,53,60,64)(H2,54,61,67)(H2,55,58,65)(H2,56,59,66)(H2,57,62,68)/t29-,30-,31-,34+,35+/m0/s1. The third-order valence-corrected chi connectivity index (χ3v) is 10.5. The van der Waals surface area contributed by atoms with Crippen molar-refractivity contribution in [3.05, 3.63) is 36.0 Å². The molecule has 382 valence electrons. The molecule has 1 aromatic heterocycles. The molecule has 12 amide bonds. The number of rotatable bonds is 28. The zero-order valence-electron chi connectivity index (χ0n) is 40.6. The summed E-state index contributed by atoms with van der Waals surface area (Å²) < 4.78 is 0. The molecule has 0 bridgehead atoms. The minimum atomic E-state index is -0.599. The summed E-state index contributed by atoms with van der Waals surface area (Å²) in [6.45, 7) is 12.5. The molecule has 0 aliphatic heterocycles. The summed E-state index contributed by atoms with van der Waals surface area (Å²) in [5.41, 5.74) is 23.7. The van der Waals surface area contributed by atoms with Gasteiger partial charge in [0.15, 0.2) is 11.9 Å². The molecule has 21 N–H and O–H groups in total. The van der Waals surface area contributed by atoms with Gasteiger partial charge in [-0.15, -0.1) is 0 Å². The fourth-order valence-corrected chi connectivity index (χ4v) is 6.73. The van der Waals surface area contributed by atoms with Crippen molar-refractivity contribution >= 4 is 59.0 Å². The number of hydrogen-bond acceptors (Lipinski definition) is 8. The molecule has 0 spiro atoms. The fraction of sp³-hybridized carbons (Fsp3) is 0.628. The smallest absolute Gasteiger partial charge is 0.315 e. The number of fused-ring (bicyclic) bond motifs is 1. The normalized spacial score (nSPS) is 13.1. The number of hydrogen-bond donors (Lipinski definition) is 17. The van der Waals surface area contributed by atoms with E-state index >= 15 is 0 Å². The number of amides is 12. The lowest BCUT2D eigenvalue weighted by atomic mass is 10.0. The van der Waals surface area contributed by atoms with Gasteiger partial charge in [-0.25, -0.2) is 28.8 Å². The topological polar surface area (TPSA) is 391 Å². The lowest BCUT2D eigenvalue weighted by Crippen LogP contribution is -2.56. The van der Waals surface area contributed by atoms with Crippen molar-refractivity contribution in [2.24, 2.45) is 44.8 Å². The zero-order chi connectivity index (χ0) is 50.6. The van der Waals surface area contributed by atoms with E-state index < -0.39 is 54.3 Å². The maximum atomic E-state index is 13.6. The number of benzene rings is 1. The Balaban J connectivity index is 2.11. The van der Waals surface area contributed by atoms with E-state index in [1.165, 1.54) is 7.05 Å². The van der Waals surface area contributed by atoms with Crippen LogP contribution in [0.3, 0.4) is 0 Å². The number of urea groups is 6. The third kappa shape index (κ3) is 24.4. The SMILES string of the molecule is CNC(=O)NC[C@H](CCCN=C(N)N)NC(=O)NC[C@@H](NC(=O)NC[C@H](Cc1c[nH]c2ccccc12)NC(=O)NC[C@H](CCCN=C(N)N)NC(=O)NC[C@@H](NC(=O)NC(C)C)C(C)C)C(C)C. The molecule has 0 saturated carbocycles. The molecule has 5 atom stereocenters. The number of aromatic nitrogens is 1. The Morgan fingerprint density at radius 2 is 0.971 bits per heavy atom. The van der Waals surface area contributed by atoms with E-state index in [9.17, 15) is 28.8 Å². The molecule has 0 aliphatic carbocycles. The number of aromatic amines is 1. The van der Waals surface area contributed by atoms with Gasteiger partial charge in [0.2, 0.25) is 0 Å². The molecule has 0 aliphatic rings. The fourth-order valence-electron chi connectivity index (χ4n) is 6.73. The Hall–Kier alpha value is -7.08. The first-order valence-corrected chi connectivity index (χ1v) is 23.1. The van der Waals surface area contributed by atoms with Crippen LogP contribution in [0.2, 0.25) is 0 Å². The molecule has 0 radical (unpaired) electrons. The summed E-state index contributed by atoms with van der Waals surface area (Å²) in [6, 6.07) is 2.48. The second kappa shape index (κ2) is 31.0. The number of aliphatic imine (C=N–C) groups is 2. The molecule has 0 saturated heterocycles. The molecule has 0 fully saturated rings. The predicted molar refractivity (Wildman–Crippen MR) is 266 cm³/mol. The predicted octanol–water partition coefficient (Wildman–Crippen LogP) is -0.194. The second-order valence-corrected chi connectivity index (χ2v) is 17.4. The summed E-state index contributed by atoms with van der Waals surface area (Å²) in [5, 5.41) is 34.8. The lowest BCUT2D eigenvalue weighted by molar-refractivity contribution is 0.221. The minimum Gasteiger partial charge on any atom is -0.370 e. The van der Waals surface area contributed by atoms with Gasteiger partial charge in [-0.05, 0) is 69.4 Å². The Morgan fingerprint density at radius 1 is 0.544 bits per heavy atom. The van der Waals surface area contributed by atoms with Crippen LogP contribution in [0.25, 0.3) is 10.9 Å². The van der Waals surface area contributed by atoms with Crippen LogP contribution in [-0.2, 0) is 6.42 Å². The molecule has 2 aromatic rings. The highest BCUT2D eigenvalue weighted by Crippen LogP contribution is 2.19. The first-order chi connectivity index (χ1) is 32.3. The molecule has 0 unspecified atom stereocenters. The number of carbonyl (C=O) groups excluding carboxylic acids is 6. The van der Waals surface area contributed by atoms with Gasteiger partial charge < -0.3 is 91.7 Å². The zero-order valence-corrected chi connectivity index (χ0v) is 40.6. The van der Waals surface area contributed by atoms with Crippen molar-refractivity contribution < 1.29 is 28.8 Å². The van der Waals surface area contributed by atoms with Gasteiger partial charge in [0.25, 0.3) is 0 Å². The highest BCUT2D eigenvalue weighted by atomic mass is 16.2. The quantitative estimate of drug-likeness (QED) is 0.0303. The van der Waals surface area contributed by atoms with Gasteiger partial charge >= 0.3 is 36.2 Å². The summed E-state index contributed by atoms with van der Waals surface area (Å²) >= 11 is 0. The van der Waals surface area contributed by atoms with E-state index in [4.69, 9.17) is 22.9 Å². The van der Waals surface area contributed by atoms with Gasteiger partial charge in [0.05, 0.1) is 18.1 Å². The van der Waals surface area contributed by atoms with E-state index in [1.807, 2.05) is 72.0 Å². The van der Waals surface area contributed by atoms with Crippen molar-refractivity contribution in [3.63, 3.8) is 0 Å². The van der Waals surface area contributed by atoms with Crippen molar-refractivity contribution in [1.82, 2.24) is 68.8 Å². The lowest BCUT2D eigenvalue weighted by Gasteiger charge is -2.26. The van der Waals surface area contributed by atoms with Gasteiger partial charge in [-0.2, -0.15) is 0 Å². The van der Waals surface area contributed by atoms with Gasteiger partial charge in [-0.3, -0.25) is 9.98 Å². The molecule has 2 rings (SSSR count). The van der Waals surface area contributed by atoms with Crippen molar-refractivity contribution in [3.8, 4) is 0 Å². The Bertz CT molecular complexity index is 1930. The molecular weight excluding hydrogens is 879 g/mol. The molecule has 25 heteroatoms. The second-order valence-electron chi connectivity index (χ2n) is 17.4. The van der Waals surface area contributed by atoms with E-state index in [-0.39, 0.29) is 74.6 Å². The monoisotopic (exact) mass is 958 g/mol. The van der Waals surface area contributed by atoms with Crippen LogP contribution in [0.5, 0.6) is 0 Å². The van der Waals surface area contributed by atoms with Crippen LogP contribution in [0.4, 0.5) is 28.8 Å². The van der Waals surface area contributed by atoms with Crippen LogP contribution in [-0.4, -0.2) is 142 Å². The van der Waals surface area contributed by atoms with Gasteiger partial charge in [0, 0.05) is 88.1 Å². The highest BCUT2D eigenvalue weighted by molar-refractivity contribution is 5.83. The number of nitrogens with zero attached hydrogens (tertiary/aromatic N) is 2. The summed E-state index contributed by atoms with van der Waals surface area (Å²) in [7, 11) is 1.49. The summed E-state index contributed by atoms with van der Waals surface area (Å²) in [6.07, 6.45) is 4.14. The van der Waals surface area contributed by atoms with Gasteiger partial charge in [-0.1, -0.05) is 45.9 Å².